The number of hydrogen-bond donors (Lipinski definition) is 2. The van der Waals surface area contributed by atoms with Crippen molar-refractivity contribution in [2.45, 2.75) is 70.8 Å². The second-order valence-electron chi connectivity index (χ2n) is 10.7. The van der Waals surface area contributed by atoms with Gasteiger partial charge >= 0.3 is 12.1 Å². The van der Waals surface area contributed by atoms with Crippen LogP contribution >= 0.6 is 0 Å². The highest BCUT2D eigenvalue weighted by molar-refractivity contribution is 6.74. The number of carbonyl (C=O) groups is 2. The number of carboxylic acids is 1. The van der Waals surface area contributed by atoms with Crippen LogP contribution in [0.4, 0.5) is 4.79 Å². The molecule has 0 spiro atoms. The van der Waals surface area contributed by atoms with Gasteiger partial charge in [0, 0.05) is 17.9 Å². The van der Waals surface area contributed by atoms with Crippen LogP contribution in [0.1, 0.15) is 51.7 Å². The zero-order valence-electron chi connectivity index (χ0n) is 21.2. The van der Waals surface area contributed by atoms with Gasteiger partial charge in [-0.15, -0.1) is 0 Å². The second-order valence-corrected chi connectivity index (χ2v) is 15.5. The van der Waals surface area contributed by atoms with Gasteiger partial charge in [-0.2, -0.15) is 0 Å². The van der Waals surface area contributed by atoms with Crippen molar-refractivity contribution in [3.63, 3.8) is 0 Å². The Labute approximate surface area is 203 Å². The van der Waals surface area contributed by atoms with E-state index in [1.807, 2.05) is 43.3 Å². The van der Waals surface area contributed by atoms with Gasteiger partial charge in [-0.3, -0.25) is 0 Å². The quantitative estimate of drug-likeness (QED) is 0.448. The predicted octanol–water partition coefficient (Wildman–Crippen LogP) is 6.02. The Hall–Kier alpha value is -2.64. The van der Waals surface area contributed by atoms with E-state index >= 15 is 0 Å². The van der Waals surface area contributed by atoms with Crippen LogP contribution in [0.3, 0.4) is 0 Å². The number of benzene rings is 2. The number of alkyl carbamates (subject to hydrolysis) is 1. The van der Waals surface area contributed by atoms with Gasteiger partial charge in [0.25, 0.3) is 0 Å². The fourth-order valence-electron chi connectivity index (χ4n) is 4.20. The average molecular weight is 484 g/mol. The number of amides is 1. The van der Waals surface area contributed by atoms with E-state index in [-0.39, 0.29) is 23.7 Å². The zero-order valence-corrected chi connectivity index (χ0v) is 22.2. The first-order chi connectivity index (χ1) is 15.8. The molecule has 3 rings (SSSR count). The van der Waals surface area contributed by atoms with Crippen molar-refractivity contribution in [3.05, 3.63) is 59.7 Å². The lowest BCUT2D eigenvalue weighted by Gasteiger charge is -2.40. The molecule has 3 atom stereocenters. The van der Waals surface area contributed by atoms with Crippen LogP contribution in [0.2, 0.25) is 18.1 Å². The SMILES string of the molecule is C[C@@H]([C@H](C)O[Si](C)(C)C(C)(C)C)[C@@H](NC(=O)OCC1c2ccccc2-c2ccccc21)C(=O)O. The van der Waals surface area contributed by atoms with Gasteiger partial charge in [0.1, 0.15) is 12.6 Å². The van der Waals surface area contributed by atoms with E-state index in [1.165, 1.54) is 0 Å². The highest BCUT2D eigenvalue weighted by Gasteiger charge is 2.41. The Morgan fingerprint density at radius 1 is 1.00 bits per heavy atom. The molecule has 1 aliphatic rings. The Kier molecular flexibility index (Phi) is 7.58. The van der Waals surface area contributed by atoms with E-state index < -0.39 is 32.3 Å². The maximum Gasteiger partial charge on any atom is 0.407 e. The molecule has 0 saturated carbocycles. The minimum atomic E-state index is -2.09. The van der Waals surface area contributed by atoms with Gasteiger partial charge in [0.15, 0.2) is 8.32 Å². The van der Waals surface area contributed by atoms with E-state index in [2.05, 4.69) is 51.3 Å². The first-order valence-corrected chi connectivity index (χ1v) is 14.8. The summed E-state index contributed by atoms with van der Waals surface area (Å²) in [6.45, 7) is 14.5. The predicted molar refractivity (Wildman–Crippen MR) is 137 cm³/mol. The third-order valence-corrected chi connectivity index (χ3v) is 12.0. The summed E-state index contributed by atoms with van der Waals surface area (Å²) in [6, 6.07) is 15.1. The summed E-state index contributed by atoms with van der Waals surface area (Å²) < 4.78 is 11.9. The summed E-state index contributed by atoms with van der Waals surface area (Å²) >= 11 is 0. The van der Waals surface area contributed by atoms with Crippen LogP contribution in [0.25, 0.3) is 11.1 Å². The van der Waals surface area contributed by atoms with Crippen molar-refractivity contribution in [2.24, 2.45) is 5.92 Å². The monoisotopic (exact) mass is 483 g/mol. The number of aliphatic carboxylic acids is 1. The molecule has 1 aliphatic carbocycles. The molecule has 0 aromatic heterocycles. The first kappa shape index (κ1) is 26.0. The van der Waals surface area contributed by atoms with Gasteiger partial charge < -0.3 is 19.6 Å². The minimum Gasteiger partial charge on any atom is -0.480 e. The third kappa shape index (κ3) is 5.36. The normalized spacial score (nSPS) is 16.2. The van der Waals surface area contributed by atoms with Gasteiger partial charge in [-0.1, -0.05) is 76.2 Å². The van der Waals surface area contributed by atoms with E-state index in [1.54, 1.807) is 6.92 Å². The molecule has 0 heterocycles. The van der Waals surface area contributed by atoms with Gasteiger partial charge in [-0.25, -0.2) is 9.59 Å². The summed E-state index contributed by atoms with van der Waals surface area (Å²) in [5.41, 5.74) is 4.49. The van der Waals surface area contributed by atoms with Crippen LogP contribution in [-0.2, 0) is 14.0 Å². The number of carboxylic acid groups (broad SMARTS) is 1. The summed E-state index contributed by atoms with van der Waals surface area (Å²) in [5, 5.41) is 12.4. The number of nitrogens with one attached hydrogen (secondary N) is 1. The molecular weight excluding hydrogens is 446 g/mol. The fourth-order valence-corrected chi connectivity index (χ4v) is 5.70. The number of ether oxygens (including phenoxy) is 1. The van der Waals surface area contributed by atoms with Crippen molar-refractivity contribution >= 4 is 20.4 Å². The molecule has 1 amide bonds. The number of hydrogen-bond acceptors (Lipinski definition) is 4. The lowest BCUT2D eigenvalue weighted by atomic mass is 9.97. The highest BCUT2D eigenvalue weighted by atomic mass is 28.4. The first-order valence-electron chi connectivity index (χ1n) is 11.9. The zero-order chi connectivity index (χ0) is 25.3. The van der Waals surface area contributed by atoms with Gasteiger partial charge in [0.05, 0.1) is 0 Å². The van der Waals surface area contributed by atoms with Crippen LogP contribution in [-0.4, -0.2) is 44.2 Å². The topological polar surface area (TPSA) is 84.9 Å². The van der Waals surface area contributed by atoms with Crippen molar-refractivity contribution < 1.29 is 23.9 Å². The standard InChI is InChI=1S/C27H37NO5Si/c1-17(18(2)33-34(6,7)27(3,4)5)24(25(29)30)28-26(31)32-16-23-21-14-10-8-12-19(21)20-13-9-11-15-22(20)23/h8-15,17-18,23-24H,16H2,1-7H3,(H,28,31)(H,29,30)/t17-,18-,24+/m0/s1. The van der Waals surface area contributed by atoms with Gasteiger partial charge in [0.2, 0.25) is 0 Å². The molecule has 2 N–H and O–H groups in total. The molecule has 0 unspecified atom stereocenters. The van der Waals surface area contributed by atoms with Crippen molar-refractivity contribution in [1.82, 2.24) is 5.32 Å². The van der Waals surface area contributed by atoms with Crippen molar-refractivity contribution in [1.29, 1.82) is 0 Å². The Balaban J connectivity index is 1.66. The van der Waals surface area contributed by atoms with Gasteiger partial charge in [-0.05, 0) is 47.3 Å². The molecule has 7 heteroatoms. The summed E-state index contributed by atoms with van der Waals surface area (Å²) in [6.07, 6.45) is -1.07. The Morgan fingerprint density at radius 3 is 1.97 bits per heavy atom. The molecule has 0 fully saturated rings. The highest BCUT2D eigenvalue weighted by Crippen LogP contribution is 2.44. The Bertz CT molecular complexity index is 1000. The molecule has 0 aliphatic heterocycles. The minimum absolute atomic E-state index is 0.0000748. The van der Waals surface area contributed by atoms with E-state index in [0.29, 0.717) is 0 Å². The molecule has 2 aromatic carbocycles. The smallest absolute Gasteiger partial charge is 0.407 e. The van der Waals surface area contributed by atoms with Crippen LogP contribution in [0, 0.1) is 5.92 Å². The van der Waals surface area contributed by atoms with Crippen LogP contribution in [0.5, 0.6) is 0 Å². The molecular formula is C27H37NO5Si. The number of fused-ring (bicyclic) bond motifs is 3. The summed E-state index contributed by atoms with van der Waals surface area (Å²) in [7, 11) is -2.09. The fraction of sp³-hybridized carbons (Fsp3) is 0.481. The summed E-state index contributed by atoms with van der Waals surface area (Å²) in [4.78, 5) is 24.7. The van der Waals surface area contributed by atoms with Crippen molar-refractivity contribution in [2.75, 3.05) is 6.61 Å². The third-order valence-electron chi connectivity index (χ3n) is 7.44. The maximum atomic E-state index is 12.7. The number of rotatable bonds is 8. The van der Waals surface area contributed by atoms with Crippen LogP contribution < -0.4 is 5.32 Å². The van der Waals surface area contributed by atoms with E-state index in [4.69, 9.17) is 9.16 Å². The molecule has 184 valence electrons. The van der Waals surface area contributed by atoms with Crippen molar-refractivity contribution in [3.8, 4) is 11.1 Å². The van der Waals surface area contributed by atoms with E-state index in [0.717, 1.165) is 22.3 Å². The van der Waals surface area contributed by atoms with E-state index in [9.17, 15) is 14.7 Å². The molecule has 0 saturated heterocycles. The summed E-state index contributed by atoms with van der Waals surface area (Å²) in [5.74, 6) is -1.63. The largest absolute Gasteiger partial charge is 0.480 e. The molecule has 6 nitrogen and oxygen atoms in total. The lowest BCUT2D eigenvalue weighted by Crippen LogP contribution is -2.52. The lowest BCUT2D eigenvalue weighted by molar-refractivity contribution is -0.141. The Morgan fingerprint density at radius 2 is 1.50 bits per heavy atom. The molecule has 0 bridgehead atoms. The van der Waals surface area contributed by atoms with Crippen LogP contribution in [0.15, 0.2) is 48.5 Å². The number of carbonyl (C=O) groups excluding carboxylic acids is 1. The average Bonchev–Trinajstić information content (AvgIpc) is 3.08. The maximum absolute atomic E-state index is 12.7. The molecule has 0 radical (unpaired) electrons. The molecule has 2 aromatic rings. The molecule has 34 heavy (non-hydrogen) atoms. The second kappa shape index (κ2) is 9.92.